The number of fused-ring (bicyclic) bond motifs is 1. The molecule has 0 bridgehead atoms. The van der Waals surface area contributed by atoms with Gasteiger partial charge in [0.15, 0.2) is 5.43 Å². The highest BCUT2D eigenvalue weighted by Crippen LogP contribution is 2.30. The van der Waals surface area contributed by atoms with E-state index in [0.717, 1.165) is 42.8 Å². The van der Waals surface area contributed by atoms with Crippen LogP contribution >= 0.6 is 11.6 Å². The molecule has 0 aliphatic carbocycles. The number of halogens is 2. The minimum Gasteiger partial charge on any atom is -0.367 e. The van der Waals surface area contributed by atoms with Crippen molar-refractivity contribution in [1.82, 2.24) is 9.47 Å². The highest BCUT2D eigenvalue weighted by molar-refractivity contribution is 6.30. The summed E-state index contributed by atoms with van der Waals surface area (Å²) in [5.74, 6) is -0.469. The number of likely N-dealkylation sites (N-methyl/N-ethyl adjacent to an activating group) is 1. The summed E-state index contributed by atoms with van der Waals surface area (Å²) in [6.45, 7) is 9.54. The van der Waals surface area contributed by atoms with Crippen molar-refractivity contribution >= 4 is 33.9 Å². The second-order valence-corrected chi connectivity index (χ2v) is 12.2. The van der Waals surface area contributed by atoms with Crippen molar-refractivity contribution < 1.29 is 4.39 Å². The molecule has 5 rings (SSSR count). The van der Waals surface area contributed by atoms with E-state index in [1.54, 1.807) is 6.08 Å². The van der Waals surface area contributed by atoms with Crippen molar-refractivity contribution in [2.45, 2.75) is 44.7 Å². The molecule has 0 amide bonds. The van der Waals surface area contributed by atoms with Gasteiger partial charge in [0.1, 0.15) is 5.82 Å². The highest BCUT2D eigenvalue weighted by Gasteiger charge is 2.23. The predicted octanol–water partition coefficient (Wildman–Crippen LogP) is 7.76. The van der Waals surface area contributed by atoms with Crippen LogP contribution in [-0.4, -0.2) is 48.4 Å². The molecule has 1 aromatic heterocycles. The predicted molar refractivity (Wildman–Crippen MR) is 183 cm³/mol. The van der Waals surface area contributed by atoms with Gasteiger partial charge < -0.3 is 14.4 Å². The van der Waals surface area contributed by atoms with Gasteiger partial charge in [-0.05, 0) is 68.3 Å². The lowest BCUT2D eigenvalue weighted by molar-refractivity contribution is 0.312. The van der Waals surface area contributed by atoms with E-state index in [1.165, 1.54) is 6.07 Å². The zero-order valence-electron chi connectivity index (χ0n) is 25.9. The van der Waals surface area contributed by atoms with Gasteiger partial charge in [0.2, 0.25) is 0 Å². The molecule has 8 heteroatoms. The Labute approximate surface area is 269 Å². The monoisotopic (exact) mass is 623 g/mol. The lowest BCUT2D eigenvalue weighted by Crippen LogP contribution is -2.44. The Balaban J connectivity index is 1.61. The van der Waals surface area contributed by atoms with Crippen LogP contribution in [0.3, 0.4) is 0 Å². The van der Waals surface area contributed by atoms with Crippen LogP contribution in [0.1, 0.15) is 54.8 Å². The van der Waals surface area contributed by atoms with Crippen LogP contribution in [0.2, 0.25) is 5.02 Å². The van der Waals surface area contributed by atoms with Gasteiger partial charge in [-0.3, -0.25) is 9.79 Å². The number of nitriles is 1. The largest absolute Gasteiger partial charge is 0.367 e. The summed E-state index contributed by atoms with van der Waals surface area (Å²) in [4.78, 5) is 23.4. The fraction of sp³-hybridized carbons (Fsp3) is 0.324. The Morgan fingerprint density at radius 3 is 2.49 bits per heavy atom. The van der Waals surface area contributed by atoms with Gasteiger partial charge in [-0.25, -0.2) is 4.39 Å². The number of allylic oxidation sites excluding steroid dienone is 1. The molecule has 3 aromatic carbocycles. The van der Waals surface area contributed by atoms with Crippen LogP contribution in [0.25, 0.3) is 10.9 Å². The molecular formula is C37H39ClFN5O. The third kappa shape index (κ3) is 7.53. The second-order valence-electron chi connectivity index (χ2n) is 11.7. The number of aromatic nitrogens is 1. The van der Waals surface area contributed by atoms with Crippen LogP contribution in [0.5, 0.6) is 0 Å². The van der Waals surface area contributed by atoms with Crippen molar-refractivity contribution in [2.75, 3.05) is 38.1 Å². The minimum atomic E-state index is -0.520. The Bertz CT molecular complexity index is 1770. The maximum Gasteiger partial charge on any atom is 0.194 e. The molecule has 232 valence electrons. The summed E-state index contributed by atoms with van der Waals surface area (Å²) in [6.07, 6.45) is 5.51. The van der Waals surface area contributed by atoms with E-state index in [9.17, 15) is 4.79 Å². The van der Waals surface area contributed by atoms with E-state index in [4.69, 9.17) is 21.9 Å². The molecule has 1 fully saturated rings. The molecular weight excluding hydrogens is 585 g/mol. The van der Waals surface area contributed by atoms with E-state index < -0.39 is 11.9 Å². The summed E-state index contributed by atoms with van der Waals surface area (Å²) in [5.41, 5.74) is 4.27. The number of piperazine rings is 1. The zero-order chi connectivity index (χ0) is 31.9. The Morgan fingerprint density at radius 2 is 1.82 bits per heavy atom. The maximum atomic E-state index is 15.7. The number of pyridine rings is 1. The highest BCUT2D eigenvalue weighted by atomic mass is 35.5. The standard InChI is InChI=1S/C37H39ClFN5O/c1-4-34(30(12-8-9-17-40)28-10-6-5-7-11-28)41-26(2)32-25-44(24-27-13-15-29(38)16-14-27)35-23-36(33(39)22-31(35)37(32)45)43-20-18-42(3)19-21-43/h4-7,10-11,13-16,22-23,25-26,30H,1,8-9,12,18-21,24H2,2-3H3/b41-34+. The van der Waals surface area contributed by atoms with Crippen LogP contribution in [-0.2, 0) is 6.54 Å². The summed E-state index contributed by atoms with van der Waals surface area (Å²) in [7, 11) is 2.06. The lowest BCUT2D eigenvalue weighted by Gasteiger charge is -2.34. The van der Waals surface area contributed by atoms with Gasteiger partial charge in [0.25, 0.3) is 0 Å². The summed E-state index contributed by atoms with van der Waals surface area (Å²) in [5, 5.41) is 10.1. The summed E-state index contributed by atoms with van der Waals surface area (Å²) >= 11 is 6.17. The molecule has 0 saturated carbocycles. The van der Waals surface area contributed by atoms with Crippen molar-refractivity contribution in [1.29, 1.82) is 5.26 Å². The molecule has 2 heterocycles. The van der Waals surface area contributed by atoms with Crippen molar-refractivity contribution in [2.24, 2.45) is 4.99 Å². The normalized spacial score (nSPS) is 15.5. The Morgan fingerprint density at radius 1 is 1.11 bits per heavy atom. The quantitative estimate of drug-likeness (QED) is 0.127. The molecule has 1 aliphatic heterocycles. The van der Waals surface area contributed by atoms with Crippen molar-refractivity contribution in [3.05, 3.63) is 123 Å². The molecule has 0 N–H and O–H groups in total. The zero-order valence-corrected chi connectivity index (χ0v) is 26.7. The number of benzene rings is 3. The lowest BCUT2D eigenvalue weighted by atomic mass is 9.88. The van der Waals surface area contributed by atoms with E-state index in [-0.39, 0.29) is 11.3 Å². The molecule has 0 radical (unpaired) electrons. The van der Waals surface area contributed by atoms with Gasteiger partial charge in [-0.2, -0.15) is 5.26 Å². The smallest absolute Gasteiger partial charge is 0.194 e. The third-order valence-corrected chi connectivity index (χ3v) is 8.88. The number of aliphatic imine (C=N–C) groups is 1. The van der Waals surface area contributed by atoms with Gasteiger partial charge in [-0.15, -0.1) is 0 Å². The first-order valence-electron chi connectivity index (χ1n) is 15.5. The van der Waals surface area contributed by atoms with Crippen molar-refractivity contribution in [3.63, 3.8) is 0 Å². The fourth-order valence-electron chi connectivity index (χ4n) is 6.06. The van der Waals surface area contributed by atoms with E-state index in [2.05, 4.69) is 41.6 Å². The molecule has 1 aliphatic rings. The number of hydrogen-bond donors (Lipinski definition) is 0. The van der Waals surface area contributed by atoms with Crippen LogP contribution < -0.4 is 10.3 Å². The number of unbranched alkanes of at least 4 members (excludes halogenated alkanes) is 1. The molecule has 2 unspecified atom stereocenters. The summed E-state index contributed by atoms with van der Waals surface area (Å²) < 4.78 is 17.8. The minimum absolute atomic E-state index is 0.0696. The van der Waals surface area contributed by atoms with Crippen LogP contribution in [0.15, 0.2) is 95.4 Å². The number of hydrogen-bond acceptors (Lipinski definition) is 5. The number of nitrogens with zero attached hydrogens (tertiary/aromatic N) is 5. The molecule has 4 aromatic rings. The van der Waals surface area contributed by atoms with Crippen LogP contribution in [0.4, 0.5) is 10.1 Å². The average molecular weight is 624 g/mol. The van der Waals surface area contributed by atoms with Crippen molar-refractivity contribution in [3.8, 4) is 6.07 Å². The average Bonchev–Trinajstić information content (AvgIpc) is 3.05. The third-order valence-electron chi connectivity index (χ3n) is 8.63. The topological polar surface area (TPSA) is 64.6 Å². The number of rotatable bonds is 11. The van der Waals surface area contributed by atoms with E-state index in [0.29, 0.717) is 53.2 Å². The van der Waals surface area contributed by atoms with Gasteiger partial charge >= 0.3 is 0 Å². The molecule has 1 saturated heterocycles. The molecule has 45 heavy (non-hydrogen) atoms. The summed E-state index contributed by atoms with van der Waals surface area (Å²) in [6, 6.07) is 22.6. The second kappa shape index (κ2) is 14.7. The van der Waals surface area contributed by atoms with Crippen LogP contribution in [0, 0.1) is 17.1 Å². The fourth-order valence-corrected chi connectivity index (χ4v) is 6.19. The first-order valence-corrected chi connectivity index (χ1v) is 15.8. The maximum absolute atomic E-state index is 15.7. The molecule has 6 nitrogen and oxygen atoms in total. The van der Waals surface area contributed by atoms with E-state index in [1.807, 2.05) is 66.2 Å². The SMILES string of the molecule is C=C/C(=N\C(C)c1cn(Cc2ccc(Cl)cc2)c2cc(N3CCN(C)CC3)c(F)cc2c1=O)C(CCCC#N)c1ccccc1. The Kier molecular flexibility index (Phi) is 10.5. The Hall–Kier alpha value is -4.25. The van der Waals surface area contributed by atoms with Gasteiger partial charge in [-0.1, -0.05) is 60.6 Å². The van der Waals surface area contributed by atoms with Gasteiger partial charge in [0, 0.05) is 72.9 Å². The number of anilines is 1. The first kappa shape index (κ1) is 32.2. The van der Waals surface area contributed by atoms with Gasteiger partial charge in [0.05, 0.1) is 23.3 Å². The van der Waals surface area contributed by atoms with E-state index >= 15 is 4.39 Å². The first-order chi connectivity index (χ1) is 21.8. The molecule has 2 atom stereocenters. The molecule has 0 spiro atoms.